The summed E-state index contributed by atoms with van der Waals surface area (Å²) >= 11 is 0. The SMILES string of the molecule is CC(=O)OCCN(CCOC(C)=O)c1ccc(C=O)c(NS(C)(=O)=O)c1. The number of hydrogen-bond donors (Lipinski definition) is 1. The number of nitrogens with zero attached hydrogens (tertiary/aromatic N) is 1. The van der Waals surface area contributed by atoms with Gasteiger partial charge in [-0.1, -0.05) is 0 Å². The van der Waals surface area contributed by atoms with Gasteiger partial charge < -0.3 is 14.4 Å². The Labute approximate surface area is 152 Å². The lowest BCUT2D eigenvalue weighted by Gasteiger charge is -2.25. The van der Waals surface area contributed by atoms with Crippen molar-refractivity contribution in [3.63, 3.8) is 0 Å². The smallest absolute Gasteiger partial charge is 0.302 e. The molecule has 9 nitrogen and oxygen atoms in total. The summed E-state index contributed by atoms with van der Waals surface area (Å²) < 4.78 is 35.1. The van der Waals surface area contributed by atoms with Crippen LogP contribution in [-0.4, -0.2) is 59.2 Å². The van der Waals surface area contributed by atoms with Gasteiger partial charge >= 0.3 is 11.9 Å². The van der Waals surface area contributed by atoms with E-state index < -0.39 is 22.0 Å². The van der Waals surface area contributed by atoms with Gasteiger partial charge in [0.15, 0.2) is 6.29 Å². The molecule has 0 unspecified atom stereocenters. The van der Waals surface area contributed by atoms with Crippen LogP contribution in [0.3, 0.4) is 0 Å². The van der Waals surface area contributed by atoms with E-state index >= 15 is 0 Å². The molecule has 1 aromatic carbocycles. The molecule has 1 aromatic rings. The van der Waals surface area contributed by atoms with Crippen LogP contribution in [0.4, 0.5) is 11.4 Å². The molecule has 0 atom stereocenters. The van der Waals surface area contributed by atoms with E-state index in [0.29, 0.717) is 25.1 Å². The first-order chi connectivity index (χ1) is 12.1. The maximum Gasteiger partial charge on any atom is 0.302 e. The van der Waals surface area contributed by atoms with Gasteiger partial charge in [-0.15, -0.1) is 0 Å². The molecule has 0 aliphatic carbocycles. The third kappa shape index (κ3) is 7.97. The Kier molecular flexibility index (Phi) is 8.04. The van der Waals surface area contributed by atoms with Gasteiger partial charge in [0.25, 0.3) is 0 Å². The fourth-order valence-electron chi connectivity index (χ4n) is 2.10. The van der Waals surface area contributed by atoms with E-state index in [1.807, 2.05) is 0 Å². The number of carbonyl (C=O) groups excluding carboxylic acids is 3. The number of nitrogens with one attached hydrogen (secondary N) is 1. The average Bonchev–Trinajstić information content (AvgIpc) is 2.51. The van der Waals surface area contributed by atoms with E-state index in [9.17, 15) is 22.8 Å². The average molecular weight is 386 g/mol. The van der Waals surface area contributed by atoms with Crippen molar-refractivity contribution in [3.05, 3.63) is 23.8 Å². The molecule has 0 saturated heterocycles. The Hall–Kier alpha value is -2.62. The van der Waals surface area contributed by atoms with Crippen LogP contribution < -0.4 is 9.62 Å². The largest absolute Gasteiger partial charge is 0.464 e. The molecular weight excluding hydrogens is 364 g/mol. The summed E-state index contributed by atoms with van der Waals surface area (Å²) in [5.41, 5.74) is 0.880. The van der Waals surface area contributed by atoms with Crippen LogP contribution in [0.5, 0.6) is 0 Å². The lowest BCUT2D eigenvalue weighted by molar-refractivity contribution is -0.141. The molecule has 1 rings (SSSR count). The van der Waals surface area contributed by atoms with Crippen molar-refractivity contribution in [1.82, 2.24) is 0 Å². The topological polar surface area (TPSA) is 119 Å². The van der Waals surface area contributed by atoms with Crippen molar-refractivity contribution < 1.29 is 32.3 Å². The van der Waals surface area contributed by atoms with E-state index in [1.54, 1.807) is 11.0 Å². The minimum atomic E-state index is -3.57. The molecule has 0 bridgehead atoms. The molecule has 1 N–H and O–H groups in total. The summed E-state index contributed by atoms with van der Waals surface area (Å²) in [6, 6.07) is 4.59. The molecule has 0 aromatic heterocycles. The number of benzene rings is 1. The van der Waals surface area contributed by atoms with Gasteiger partial charge in [0.05, 0.1) is 25.0 Å². The molecule has 0 aliphatic heterocycles. The zero-order valence-corrected chi connectivity index (χ0v) is 15.7. The van der Waals surface area contributed by atoms with E-state index in [1.165, 1.54) is 26.0 Å². The maximum atomic E-state index is 11.5. The van der Waals surface area contributed by atoms with E-state index in [-0.39, 0.29) is 24.5 Å². The Morgan fingerprint density at radius 2 is 1.65 bits per heavy atom. The molecule has 10 heteroatoms. The second-order valence-corrected chi connectivity index (χ2v) is 7.18. The van der Waals surface area contributed by atoms with Crippen molar-refractivity contribution in [2.45, 2.75) is 13.8 Å². The molecule has 0 aliphatic rings. The summed E-state index contributed by atoms with van der Waals surface area (Å²) in [4.78, 5) is 34.7. The van der Waals surface area contributed by atoms with E-state index in [0.717, 1.165) is 6.26 Å². The Morgan fingerprint density at radius 3 is 2.08 bits per heavy atom. The van der Waals surface area contributed by atoms with E-state index in [4.69, 9.17) is 9.47 Å². The van der Waals surface area contributed by atoms with Crippen LogP contribution in [0.2, 0.25) is 0 Å². The highest BCUT2D eigenvalue weighted by Crippen LogP contribution is 2.23. The first-order valence-electron chi connectivity index (χ1n) is 7.71. The lowest BCUT2D eigenvalue weighted by atomic mass is 10.1. The molecule has 0 spiro atoms. The van der Waals surface area contributed by atoms with Crippen LogP contribution in [0, 0.1) is 0 Å². The van der Waals surface area contributed by atoms with Gasteiger partial charge in [0, 0.05) is 25.1 Å². The zero-order chi connectivity index (χ0) is 19.7. The fourth-order valence-corrected chi connectivity index (χ4v) is 2.68. The highest BCUT2D eigenvalue weighted by Gasteiger charge is 2.13. The summed E-state index contributed by atoms with van der Waals surface area (Å²) in [7, 11) is -3.57. The summed E-state index contributed by atoms with van der Waals surface area (Å²) in [6.45, 7) is 3.35. The van der Waals surface area contributed by atoms with Crippen LogP contribution in [0.25, 0.3) is 0 Å². The fraction of sp³-hybridized carbons (Fsp3) is 0.438. The predicted octanol–water partition coefficient (Wildman–Crippen LogP) is 0.803. The van der Waals surface area contributed by atoms with Gasteiger partial charge in [-0.25, -0.2) is 8.42 Å². The third-order valence-corrected chi connectivity index (χ3v) is 3.75. The zero-order valence-electron chi connectivity index (χ0n) is 14.9. The number of rotatable bonds is 10. The number of aldehydes is 1. The third-order valence-electron chi connectivity index (χ3n) is 3.16. The molecular formula is C16H22N2O7S. The molecule has 144 valence electrons. The Morgan fingerprint density at radius 1 is 1.12 bits per heavy atom. The van der Waals surface area contributed by atoms with Gasteiger partial charge in [0.2, 0.25) is 10.0 Å². The normalized spacial score (nSPS) is 10.7. The predicted molar refractivity (Wildman–Crippen MR) is 95.8 cm³/mol. The maximum absolute atomic E-state index is 11.5. The lowest BCUT2D eigenvalue weighted by Crippen LogP contribution is -2.32. The van der Waals surface area contributed by atoms with Crippen molar-refractivity contribution in [2.24, 2.45) is 0 Å². The summed E-state index contributed by atoms with van der Waals surface area (Å²) in [5, 5.41) is 0. The van der Waals surface area contributed by atoms with Gasteiger partial charge in [0.1, 0.15) is 13.2 Å². The number of esters is 2. The van der Waals surface area contributed by atoms with Gasteiger partial charge in [-0.3, -0.25) is 19.1 Å². The standard InChI is InChI=1S/C16H22N2O7S/c1-12(20)24-8-6-18(7-9-25-13(2)21)15-5-4-14(11-19)16(10-15)17-26(3,22)23/h4-5,10-11,17H,6-9H2,1-3H3. The number of ether oxygens (including phenoxy) is 2. The Balaban J connectivity index is 3.05. The molecule has 0 radical (unpaired) electrons. The number of sulfonamides is 1. The first-order valence-corrected chi connectivity index (χ1v) is 9.60. The van der Waals surface area contributed by atoms with Gasteiger partial charge in [-0.2, -0.15) is 0 Å². The van der Waals surface area contributed by atoms with E-state index in [2.05, 4.69) is 4.72 Å². The number of carbonyl (C=O) groups is 3. The number of anilines is 2. The van der Waals surface area contributed by atoms with Crippen LogP contribution in [0.15, 0.2) is 18.2 Å². The van der Waals surface area contributed by atoms with Crippen molar-refractivity contribution >= 4 is 39.6 Å². The van der Waals surface area contributed by atoms with Crippen molar-refractivity contribution in [1.29, 1.82) is 0 Å². The molecule has 0 fully saturated rings. The van der Waals surface area contributed by atoms with Crippen LogP contribution >= 0.6 is 0 Å². The monoisotopic (exact) mass is 386 g/mol. The quantitative estimate of drug-likeness (QED) is 0.463. The highest BCUT2D eigenvalue weighted by molar-refractivity contribution is 7.92. The second kappa shape index (κ2) is 9.76. The van der Waals surface area contributed by atoms with Gasteiger partial charge in [-0.05, 0) is 18.2 Å². The van der Waals surface area contributed by atoms with Crippen LogP contribution in [0.1, 0.15) is 24.2 Å². The van der Waals surface area contributed by atoms with Crippen molar-refractivity contribution in [2.75, 3.05) is 42.2 Å². The molecule has 0 amide bonds. The first kappa shape index (κ1) is 21.4. The van der Waals surface area contributed by atoms with Crippen LogP contribution in [-0.2, 0) is 29.1 Å². The minimum Gasteiger partial charge on any atom is -0.464 e. The van der Waals surface area contributed by atoms with Crippen molar-refractivity contribution in [3.8, 4) is 0 Å². The summed E-state index contributed by atoms with van der Waals surface area (Å²) in [5.74, 6) is -0.860. The Bertz CT molecular complexity index is 742. The summed E-state index contributed by atoms with van der Waals surface area (Å²) in [6.07, 6.45) is 1.52. The minimum absolute atomic E-state index is 0.0969. The molecule has 0 heterocycles. The highest BCUT2D eigenvalue weighted by atomic mass is 32.2. The molecule has 0 saturated carbocycles. The molecule has 26 heavy (non-hydrogen) atoms. The second-order valence-electron chi connectivity index (χ2n) is 5.43. The number of hydrogen-bond acceptors (Lipinski definition) is 8.